The first-order chi connectivity index (χ1) is 10.7. The smallest absolute Gasteiger partial charge is 0.0208 e. The molecular weight excluding hydrogens is 268 g/mol. The summed E-state index contributed by atoms with van der Waals surface area (Å²) in [4.78, 5) is 2.80. The fraction of sp³-hybridized carbons (Fsp3) is 0.700. The molecule has 3 rings (SSSR count). The topological polar surface area (TPSA) is 15.3 Å². The molecule has 2 fully saturated rings. The van der Waals surface area contributed by atoms with E-state index in [1.807, 2.05) is 0 Å². The summed E-state index contributed by atoms with van der Waals surface area (Å²) >= 11 is 0. The van der Waals surface area contributed by atoms with Crippen LogP contribution < -0.4 is 5.32 Å². The summed E-state index contributed by atoms with van der Waals surface area (Å²) in [6.07, 6.45) is 6.92. The number of hydrogen-bond donors (Lipinski definition) is 1. The van der Waals surface area contributed by atoms with Gasteiger partial charge in [-0.3, -0.25) is 4.90 Å². The Hall–Kier alpha value is -0.860. The normalized spacial score (nSPS) is 32.6. The number of nitrogens with zero attached hydrogens (tertiary/aromatic N) is 1. The number of nitrogens with one attached hydrogen (secondary N) is 1. The number of likely N-dealkylation sites (tertiary alicyclic amines) is 1. The van der Waals surface area contributed by atoms with E-state index in [4.69, 9.17) is 0 Å². The Morgan fingerprint density at radius 1 is 1.09 bits per heavy atom. The molecule has 2 heteroatoms. The van der Waals surface area contributed by atoms with Gasteiger partial charge in [-0.05, 0) is 43.1 Å². The molecule has 22 heavy (non-hydrogen) atoms. The Morgan fingerprint density at radius 2 is 1.86 bits per heavy atom. The Bertz CT molecular complexity index is 438. The highest BCUT2D eigenvalue weighted by Crippen LogP contribution is 2.34. The molecule has 1 aliphatic carbocycles. The molecular formula is C20H32N2. The van der Waals surface area contributed by atoms with Crippen molar-refractivity contribution in [2.24, 2.45) is 11.8 Å². The van der Waals surface area contributed by atoms with E-state index in [0.717, 1.165) is 24.4 Å². The Balaban J connectivity index is 1.54. The van der Waals surface area contributed by atoms with Gasteiger partial charge in [-0.15, -0.1) is 0 Å². The molecule has 0 radical (unpaired) electrons. The van der Waals surface area contributed by atoms with E-state index in [0.29, 0.717) is 6.04 Å². The predicted molar refractivity (Wildman–Crippen MR) is 93.8 cm³/mol. The van der Waals surface area contributed by atoms with Gasteiger partial charge < -0.3 is 5.32 Å². The largest absolute Gasteiger partial charge is 0.309 e. The third kappa shape index (κ3) is 4.11. The van der Waals surface area contributed by atoms with Crippen LogP contribution in [0.2, 0.25) is 0 Å². The molecule has 2 nitrogen and oxygen atoms in total. The molecule has 0 spiro atoms. The van der Waals surface area contributed by atoms with Crippen LogP contribution in [0.1, 0.15) is 51.5 Å². The number of hydrogen-bond acceptors (Lipinski definition) is 2. The first-order valence-electron chi connectivity index (χ1n) is 9.26. The van der Waals surface area contributed by atoms with E-state index in [1.165, 1.54) is 50.8 Å². The first kappa shape index (κ1) is 16.0. The highest BCUT2D eigenvalue weighted by molar-refractivity contribution is 5.14. The van der Waals surface area contributed by atoms with E-state index < -0.39 is 0 Å². The molecule has 122 valence electrons. The van der Waals surface area contributed by atoms with Crippen molar-refractivity contribution in [3.63, 3.8) is 0 Å². The molecule has 1 aliphatic heterocycles. The van der Waals surface area contributed by atoms with Gasteiger partial charge in [0.15, 0.2) is 0 Å². The van der Waals surface area contributed by atoms with Gasteiger partial charge in [-0.2, -0.15) is 0 Å². The van der Waals surface area contributed by atoms with Gasteiger partial charge >= 0.3 is 0 Å². The average Bonchev–Trinajstić information content (AvgIpc) is 2.51. The summed E-state index contributed by atoms with van der Waals surface area (Å²) in [5.74, 6) is 1.84. The van der Waals surface area contributed by atoms with Crippen LogP contribution in [-0.2, 0) is 6.54 Å². The molecule has 1 saturated carbocycles. The van der Waals surface area contributed by atoms with Crippen LogP contribution in [0.4, 0.5) is 0 Å². The second kappa shape index (κ2) is 7.61. The summed E-state index contributed by atoms with van der Waals surface area (Å²) < 4.78 is 0. The van der Waals surface area contributed by atoms with Crippen molar-refractivity contribution in [1.82, 2.24) is 10.2 Å². The zero-order chi connectivity index (χ0) is 15.4. The highest BCUT2D eigenvalue weighted by Gasteiger charge is 2.36. The Morgan fingerprint density at radius 3 is 2.55 bits per heavy atom. The van der Waals surface area contributed by atoms with E-state index in [1.54, 1.807) is 0 Å². The van der Waals surface area contributed by atoms with Crippen molar-refractivity contribution >= 4 is 0 Å². The molecule has 2 aliphatic rings. The lowest BCUT2D eigenvalue weighted by Gasteiger charge is -2.47. The predicted octanol–water partition coefficient (Wildman–Crippen LogP) is 4.07. The highest BCUT2D eigenvalue weighted by atomic mass is 15.2. The first-order valence-corrected chi connectivity index (χ1v) is 9.26. The van der Waals surface area contributed by atoms with Gasteiger partial charge in [0, 0.05) is 31.7 Å². The monoisotopic (exact) mass is 300 g/mol. The summed E-state index contributed by atoms with van der Waals surface area (Å²) in [7, 11) is 0. The molecule has 1 saturated heterocycles. The quantitative estimate of drug-likeness (QED) is 0.852. The van der Waals surface area contributed by atoms with E-state index in [2.05, 4.69) is 54.4 Å². The summed E-state index contributed by atoms with van der Waals surface area (Å²) in [6, 6.07) is 12.4. The third-order valence-electron chi connectivity index (χ3n) is 5.57. The fourth-order valence-corrected chi connectivity index (χ4v) is 4.32. The molecule has 1 aromatic rings. The second-order valence-corrected chi connectivity index (χ2v) is 7.64. The van der Waals surface area contributed by atoms with Crippen LogP contribution in [0.15, 0.2) is 30.3 Å². The second-order valence-electron chi connectivity index (χ2n) is 7.64. The zero-order valence-corrected chi connectivity index (χ0v) is 14.3. The molecule has 0 aromatic heterocycles. The molecule has 2 atom stereocenters. The van der Waals surface area contributed by atoms with Crippen molar-refractivity contribution in [2.45, 2.75) is 64.6 Å². The molecule has 1 aromatic carbocycles. The van der Waals surface area contributed by atoms with Gasteiger partial charge in [0.1, 0.15) is 0 Å². The van der Waals surface area contributed by atoms with Gasteiger partial charge in [0.25, 0.3) is 0 Å². The van der Waals surface area contributed by atoms with Crippen LogP contribution in [0.25, 0.3) is 0 Å². The zero-order valence-electron chi connectivity index (χ0n) is 14.3. The Labute approximate surface area is 136 Å². The van der Waals surface area contributed by atoms with Gasteiger partial charge in [0.2, 0.25) is 0 Å². The lowest BCUT2D eigenvalue weighted by atomic mass is 9.78. The minimum Gasteiger partial charge on any atom is -0.309 e. The lowest BCUT2D eigenvalue weighted by molar-refractivity contribution is 0.0315. The van der Waals surface area contributed by atoms with Crippen molar-refractivity contribution in [3.8, 4) is 0 Å². The van der Waals surface area contributed by atoms with Crippen molar-refractivity contribution in [2.75, 3.05) is 13.1 Å². The Kier molecular flexibility index (Phi) is 5.54. The van der Waals surface area contributed by atoms with Crippen LogP contribution in [0.3, 0.4) is 0 Å². The SMILES string of the molecule is CCCC1CC(NCc2ccccc2)CN(C2CC(C)C2)C1. The number of rotatable bonds is 6. The summed E-state index contributed by atoms with van der Waals surface area (Å²) in [5.41, 5.74) is 1.41. The van der Waals surface area contributed by atoms with Crippen molar-refractivity contribution in [3.05, 3.63) is 35.9 Å². The summed E-state index contributed by atoms with van der Waals surface area (Å²) in [5, 5.41) is 3.83. The lowest BCUT2D eigenvalue weighted by Crippen LogP contribution is -2.55. The number of piperidine rings is 1. The van der Waals surface area contributed by atoms with E-state index in [9.17, 15) is 0 Å². The molecule has 0 amide bonds. The van der Waals surface area contributed by atoms with Crippen LogP contribution in [-0.4, -0.2) is 30.1 Å². The van der Waals surface area contributed by atoms with Crippen molar-refractivity contribution < 1.29 is 0 Å². The summed E-state index contributed by atoms with van der Waals surface area (Å²) in [6.45, 7) is 8.34. The molecule has 0 bridgehead atoms. The third-order valence-corrected chi connectivity index (χ3v) is 5.57. The van der Waals surface area contributed by atoms with E-state index >= 15 is 0 Å². The minimum atomic E-state index is 0.668. The molecule has 1 N–H and O–H groups in total. The maximum absolute atomic E-state index is 3.83. The van der Waals surface area contributed by atoms with E-state index in [-0.39, 0.29) is 0 Å². The van der Waals surface area contributed by atoms with Crippen LogP contribution in [0, 0.1) is 11.8 Å². The molecule has 2 unspecified atom stereocenters. The average molecular weight is 300 g/mol. The molecule has 1 heterocycles. The minimum absolute atomic E-state index is 0.668. The van der Waals surface area contributed by atoms with Crippen LogP contribution in [0.5, 0.6) is 0 Å². The van der Waals surface area contributed by atoms with Gasteiger partial charge in [0.05, 0.1) is 0 Å². The maximum atomic E-state index is 3.83. The van der Waals surface area contributed by atoms with Crippen LogP contribution >= 0.6 is 0 Å². The standard InChI is InChI=1S/C20H32N2/c1-3-7-18-12-19(21-13-17-8-5-4-6-9-17)15-22(14-18)20-10-16(2)11-20/h4-6,8-9,16,18-21H,3,7,10-15H2,1-2H3. The van der Waals surface area contributed by atoms with Gasteiger partial charge in [-0.1, -0.05) is 50.6 Å². The number of benzene rings is 1. The van der Waals surface area contributed by atoms with Crippen molar-refractivity contribution in [1.29, 1.82) is 0 Å². The maximum Gasteiger partial charge on any atom is 0.0208 e. The fourth-order valence-electron chi connectivity index (χ4n) is 4.32. The van der Waals surface area contributed by atoms with Gasteiger partial charge in [-0.25, -0.2) is 0 Å².